The van der Waals surface area contributed by atoms with Crippen LogP contribution < -0.4 is 26.0 Å². The summed E-state index contributed by atoms with van der Waals surface area (Å²) < 4.78 is 11.1. The molecule has 0 fully saturated rings. The molecule has 1 aromatic heterocycles. The zero-order valence-corrected chi connectivity index (χ0v) is 26.5. The van der Waals surface area contributed by atoms with Gasteiger partial charge in [-0.25, -0.2) is 9.59 Å². The van der Waals surface area contributed by atoms with Gasteiger partial charge in [0.15, 0.2) is 5.78 Å². The third kappa shape index (κ3) is 9.33. The van der Waals surface area contributed by atoms with Gasteiger partial charge in [-0.05, 0) is 60.5 Å². The number of halogens is 2. The van der Waals surface area contributed by atoms with E-state index < -0.39 is 23.9 Å². The van der Waals surface area contributed by atoms with Crippen LogP contribution in [-0.4, -0.2) is 48.5 Å². The summed E-state index contributed by atoms with van der Waals surface area (Å²) in [5, 5.41) is 20.9. The maximum Gasteiger partial charge on any atom is 0.326 e. The van der Waals surface area contributed by atoms with Crippen molar-refractivity contribution < 1.29 is 33.4 Å². The molecule has 0 radical (unpaired) electrons. The van der Waals surface area contributed by atoms with Crippen molar-refractivity contribution in [1.29, 1.82) is 0 Å². The molecule has 240 valence electrons. The lowest BCUT2D eigenvalue weighted by atomic mass is 10.1. The number of carbonyl (C=O) groups is 4. The number of carbonyl (C=O) groups excluding carboxylic acids is 3. The van der Waals surface area contributed by atoms with E-state index >= 15 is 0 Å². The molecule has 5 N–H and O–H groups in total. The number of amides is 3. The number of anilines is 2. The Balaban J connectivity index is 1.25. The number of aryl methyl sites for hydroxylation is 1. The van der Waals surface area contributed by atoms with Crippen LogP contribution in [0.2, 0.25) is 10.0 Å². The monoisotopic (exact) mass is 666 g/mol. The number of aliphatic carboxylic acids is 1. The van der Waals surface area contributed by atoms with Gasteiger partial charge in [0.25, 0.3) is 5.91 Å². The Morgan fingerprint density at radius 1 is 0.891 bits per heavy atom. The number of hydrogen-bond donors (Lipinski definition) is 5. The summed E-state index contributed by atoms with van der Waals surface area (Å²) in [5.74, 6) is -0.861. The Bertz CT molecular complexity index is 1720. The summed E-state index contributed by atoms with van der Waals surface area (Å²) in [7, 11) is 1.48. The molecule has 0 saturated carbocycles. The van der Waals surface area contributed by atoms with E-state index in [9.17, 15) is 24.3 Å². The number of ether oxygens (including phenoxy) is 1. The summed E-state index contributed by atoms with van der Waals surface area (Å²) in [4.78, 5) is 49.6. The van der Waals surface area contributed by atoms with Gasteiger partial charge in [0.1, 0.15) is 23.3 Å². The highest BCUT2D eigenvalue weighted by molar-refractivity contribution is 6.39. The van der Waals surface area contributed by atoms with Gasteiger partial charge in [-0.15, -0.1) is 0 Å². The van der Waals surface area contributed by atoms with Gasteiger partial charge in [-0.1, -0.05) is 53.5 Å². The molecule has 4 rings (SSSR count). The lowest BCUT2D eigenvalue weighted by molar-refractivity contribution is -0.139. The van der Waals surface area contributed by atoms with E-state index in [0.717, 1.165) is 5.56 Å². The Morgan fingerprint density at radius 3 is 2.28 bits per heavy atom. The fraction of sp³-hybridized carbons (Fsp3) is 0.212. The highest BCUT2D eigenvalue weighted by Gasteiger charge is 2.25. The first-order valence-electron chi connectivity index (χ1n) is 14.1. The molecule has 1 heterocycles. The van der Waals surface area contributed by atoms with E-state index in [0.29, 0.717) is 34.2 Å². The number of nitrogens with one attached hydrogen (secondary N) is 4. The van der Waals surface area contributed by atoms with Crippen molar-refractivity contribution in [2.75, 3.05) is 24.3 Å². The molecule has 13 heteroatoms. The first-order valence-corrected chi connectivity index (χ1v) is 14.9. The number of benzene rings is 3. The molecule has 0 spiro atoms. The Hall–Kier alpha value is -4.84. The lowest BCUT2D eigenvalue weighted by Crippen LogP contribution is -2.42. The zero-order valence-electron chi connectivity index (χ0n) is 25.0. The standard InChI is InChI=1S/C33H32Cl2N4O7/c1-19-6-3-4-9-26(19)38-33(44)39-27-13-10-20(15-29(27)45-2)14-21(40)17-36-18-23-12-11-22(46-23)16-28(32(42)43)37-31(41)30-24(34)7-5-8-25(30)35/h3-13,15,28,36H,14,16-18H2,1-2H3,(H,37,41)(H,42,43)(H2,38,39,44). The molecule has 0 aliphatic rings. The number of hydrogen-bond acceptors (Lipinski definition) is 7. The van der Waals surface area contributed by atoms with Crippen molar-refractivity contribution in [1.82, 2.24) is 10.6 Å². The lowest BCUT2D eigenvalue weighted by Gasteiger charge is -2.14. The number of Topliss-reactive ketones (excluding diaryl/α,β-unsaturated/α-hetero) is 1. The summed E-state index contributed by atoms with van der Waals surface area (Å²) in [6, 6.07) is 18.6. The highest BCUT2D eigenvalue weighted by Crippen LogP contribution is 2.27. The first kappa shape index (κ1) is 34.0. The quantitative estimate of drug-likeness (QED) is 0.112. The molecule has 3 aromatic carbocycles. The Kier molecular flexibility index (Phi) is 11.8. The van der Waals surface area contributed by atoms with E-state index in [1.807, 2.05) is 25.1 Å². The number of para-hydroxylation sites is 1. The van der Waals surface area contributed by atoms with Gasteiger partial charge in [0, 0.05) is 18.5 Å². The van der Waals surface area contributed by atoms with Crippen molar-refractivity contribution in [2.24, 2.45) is 0 Å². The third-order valence-electron chi connectivity index (χ3n) is 6.85. The van der Waals surface area contributed by atoms with Gasteiger partial charge in [0.2, 0.25) is 0 Å². The zero-order chi connectivity index (χ0) is 33.2. The van der Waals surface area contributed by atoms with Gasteiger partial charge in [0.05, 0.1) is 41.5 Å². The number of carboxylic acids is 1. The van der Waals surface area contributed by atoms with E-state index in [2.05, 4.69) is 21.3 Å². The SMILES string of the molecule is COc1cc(CC(=O)CNCc2ccc(CC(NC(=O)c3c(Cl)cccc3Cl)C(=O)O)o2)ccc1NC(=O)Nc1ccccc1C. The maximum absolute atomic E-state index is 12.7. The van der Waals surface area contributed by atoms with Gasteiger partial charge < -0.3 is 35.5 Å². The summed E-state index contributed by atoms with van der Waals surface area (Å²) in [6.45, 7) is 2.15. The predicted octanol–water partition coefficient (Wildman–Crippen LogP) is 5.87. The molecular weight excluding hydrogens is 635 g/mol. The molecule has 0 aliphatic carbocycles. The number of ketones is 1. The van der Waals surface area contributed by atoms with Crippen LogP contribution in [0, 0.1) is 6.92 Å². The average Bonchev–Trinajstić information content (AvgIpc) is 3.45. The third-order valence-corrected chi connectivity index (χ3v) is 7.48. The van der Waals surface area contributed by atoms with E-state index in [4.69, 9.17) is 32.4 Å². The van der Waals surface area contributed by atoms with Crippen molar-refractivity contribution in [3.8, 4) is 5.75 Å². The normalized spacial score (nSPS) is 11.4. The van der Waals surface area contributed by atoms with Crippen molar-refractivity contribution in [3.63, 3.8) is 0 Å². The second kappa shape index (κ2) is 15.9. The molecule has 0 bridgehead atoms. The van der Waals surface area contributed by atoms with Gasteiger partial charge in [-0.2, -0.15) is 0 Å². The van der Waals surface area contributed by atoms with Crippen LogP contribution in [0.25, 0.3) is 0 Å². The van der Waals surface area contributed by atoms with Crippen LogP contribution in [0.4, 0.5) is 16.2 Å². The molecule has 3 amide bonds. The number of furan rings is 1. The van der Waals surface area contributed by atoms with Gasteiger partial charge >= 0.3 is 12.0 Å². The summed E-state index contributed by atoms with van der Waals surface area (Å²) in [5.41, 5.74) is 2.75. The first-order chi connectivity index (χ1) is 22.0. The van der Waals surface area contributed by atoms with Gasteiger partial charge in [-0.3, -0.25) is 9.59 Å². The molecular formula is C33H32Cl2N4O7. The number of rotatable bonds is 14. The minimum absolute atomic E-state index is 0.0153. The maximum atomic E-state index is 12.7. The highest BCUT2D eigenvalue weighted by atomic mass is 35.5. The largest absolute Gasteiger partial charge is 0.495 e. The number of urea groups is 1. The van der Waals surface area contributed by atoms with Crippen molar-refractivity contribution in [2.45, 2.75) is 32.4 Å². The van der Waals surface area contributed by atoms with Crippen LogP contribution in [0.1, 0.15) is 33.0 Å². The average molecular weight is 668 g/mol. The fourth-order valence-electron chi connectivity index (χ4n) is 4.53. The molecule has 1 unspecified atom stereocenters. The van der Waals surface area contributed by atoms with Crippen LogP contribution in [0.15, 0.2) is 77.2 Å². The predicted molar refractivity (Wildman–Crippen MR) is 175 cm³/mol. The number of methoxy groups -OCH3 is 1. The molecule has 4 aromatic rings. The van der Waals surface area contributed by atoms with Crippen LogP contribution in [0.5, 0.6) is 5.75 Å². The summed E-state index contributed by atoms with van der Waals surface area (Å²) in [6.07, 6.45) is 0.000203. The number of carboxylic acid groups (broad SMARTS) is 1. The molecule has 46 heavy (non-hydrogen) atoms. The molecule has 11 nitrogen and oxygen atoms in total. The van der Waals surface area contributed by atoms with E-state index in [1.54, 1.807) is 42.5 Å². The van der Waals surface area contributed by atoms with Crippen molar-refractivity contribution in [3.05, 3.63) is 111 Å². The van der Waals surface area contributed by atoms with Crippen LogP contribution >= 0.6 is 23.2 Å². The fourth-order valence-corrected chi connectivity index (χ4v) is 5.10. The smallest absolute Gasteiger partial charge is 0.326 e. The van der Waals surface area contributed by atoms with E-state index in [1.165, 1.54) is 19.2 Å². The molecule has 1 atom stereocenters. The van der Waals surface area contributed by atoms with Crippen molar-refractivity contribution >= 4 is 58.3 Å². The topological polar surface area (TPSA) is 159 Å². The Labute approximate surface area is 275 Å². The van der Waals surface area contributed by atoms with Crippen LogP contribution in [0.3, 0.4) is 0 Å². The minimum atomic E-state index is -1.30. The Morgan fingerprint density at radius 2 is 1.59 bits per heavy atom. The second-order valence-electron chi connectivity index (χ2n) is 10.3. The van der Waals surface area contributed by atoms with Crippen LogP contribution in [-0.2, 0) is 29.0 Å². The molecule has 0 saturated heterocycles. The second-order valence-corrected chi connectivity index (χ2v) is 11.1. The van der Waals surface area contributed by atoms with E-state index in [-0.39, 0.29) is 47.3 Å². The summed E-state index contributed by atoms with van der Waals surface area (Å²) >= 11 is 12.1. The molecule has 0 aliphatic heterocycles. The minimum Gasteiger partial charge on any atom is -0.495 e.